The molecule has 21 heavy (non-hydrogen) atoms. The van der Waals surface area contributed by atoms with E-state index in [0.29, 0.717) is 24.0 Å². The van der Waals surface area contributed by atoms with Crippen molar-refractivity contribution in [2.75, 3.05) is 4.90 Å². The van der Waals surface area contributed by atoms with Crippen LogP contribution in [-0.4, -0.2) is 23.0 Å². The van der Waals surface area contributed by atoms with E-state index in [-0.39, 0.29) is 11.9 Å². The number of hydrogen-bond donors (Lipinski definition) is 1. The second-order valence-electron chi connectivity index (χ2n) is 5.83. The summed E-state index contributed by atoms with van der Waals surface area (Å²) in [5.41, 5.74) is 2.89. The van der Waals surface area contributed by atoms with Crippen LogP contribution in [0, 0.1) is 0 Å². The maximum absolute atomic E-state index is 12.9. The van der Waals surface area contributed by atoms with E-state index in [2.05, 4.69) is 0 Å². The predicted octanol–water partition coefficient (Wildman–Crippen LogP) is 2.92. The molecule has 110 valence electrons. The van der Waals surface area contributed by atoms with Crippen molar-refractivity contribution in [3.63, 3.8) is 0 Å². The van der Waals surface area contributed by atoms with Crippen LogP contribution in [0.5, 0.6) is 0 Å². The fourth-order valence-corrected chi connectivity index (χ4v) is 3.40. The average Bonchev–Trinajstić information content (AvgIpc) is 2.82. The third-order valence-electron chi connectivity index (χ3n) is 4.41. The zero-order valence-corrected chi connectivity index (χ0v) is 12.1. The van der Waals surface area contributed by atoms with Crippen LogP contribution in [0.4, 0.5) is 5.69 Å². The number of carboxylic acid groups (broad SMARTS) is 1. The Morgan fingerprint density at radius 2 is 1.81 bits per heavy atom. The van der Waals surface area contributed by atoms with Crippen LogP contribution in [0.25, 0.3) is 0 Å². The van der Waals surface area contributed by atoms with Crippen molar-refractivity contribution in [3.05, 3.63) is 41.0 Å². The van der Waals surface area contributed by atoms with Crippen molar-refractivity contribution in [2.45, 2.75) is 45.1 Å². The molecular weight excluding hydrogens is 266 g/mol. The Kier molecular flexibility index (Phi) is 3.53. The first-order chi connectivity index (χ1) is 10.1. The highest BCUT2D eigenvalue weighted by Gasteiger charge is 2.34. The zero-order chi connectivity index (χ0) is 15.0. The first-order valence-corrected chi connectivity index (χ1v) is 7.46. The molecule has 1 atom stereocenters. The van der Waals surface area contributed by atoms with Gasteiger partial charge in [0, 0.05) is 22.9 Å². The number of fused-ring (bicyclic) bond motifs is 1. The third-order valence-corrected chi connectivity index (χ3v) is 4.41. The number of hydrogen-bond acceptors (Lipinski definition) is 2. The van der Waals surface area contributed by atoms with E-state index in [1.54, 1.807) is 4.90 Å². The van der Waals surface area contributed by atoms with Crippen LogP contribution in [0.3, 0.4) is 0 Å². The number of carboxylic acids is 1. The minimum atomic E-state index is -0.946. The fraction of sp³-hybridized carbons (Fsp3) is 0.412. The number of carbonyl (C=O) groups excluding carboxylic acids is 1. The molecular formula is C17H19NO3. The number of amides is 1. The lowest BCUT2D eigenvalue weighted by atomic mass is 9.90. The molecule has 4 heteroatoms. The van der Waals surface area contributed by atoms with Gasteiger partial charge in [0.15, 0.2) is 0 Å². The predicted molar refractivity (Wildman–Crippen MR) is 80.2 cm³/mol. The van der Waals surface area contributed by atoms with Gasteiger partial charge in [0.05, 0.1) is 0 Å². The Morgan fingerprint density at radius 3 is 2.52 bits per heavy atom. The molecule has 0 saturated heterocycles. The normalized spacial score (nSPS) is 21.4. The van der Waals surface area contributed by atoms with Gasteiger partial charge in [-0.15, -0.1) is 0 Å². The summed E-state index contributed by atoms with van der Waals surface area (Å²) >= 11 is 0. The number of carbonyl (C=O) groups is 2. The van der Waals surface area contributed by atoms with Gasteiger partial charge in [0.2, 0.25) is 0 Å². The molecule has 1 N–H and O–H groups in total. The van der Waals surface area contributed by atoms with E-state index in [1.807, 2.05) is 31.2 Å². The Bertz CT molecular complexity index is 633. The Balaban J connectivity index is 2.00. The van der Waals surface area contributed by atoms with Gasteiger partial charge < -0.3 is 10.0 Å². The molecule has 0 saturated carbocycles. The van der Waals surface area contributed by atoms with E-state index in [9.17, 15) is 14.7 Å². The average molecular weight is 285 g/mol. The SMILES string of the molecule is CC1Cc2ccccc2N1C(=O)C1=C(C(=O)O)CCCC1. The van der Waals surface area contributed by atoms with Gasteiger partial charge in [-0.1, -0.05) is 18.2 Å². The summed E-state index contributed by atoms with van der Waals surface area (Å²) in [6.07, 6.45) is 3.65. The third kappa shape index (κ3) is 2.35. The maximum Gasteiger partial charge on any atom is 0.332 e. The number of rotatable bonds is 2. The van der Waals surface area contributed by atoms with E-state index >= 15 is 0 Å². The smallest absolute Gasteiger partial charge is 0.332 e. The Morgan fingerprint density at radius 1 is 1.14 bits per heavy atom. The van der Waals surface area contributed by atoms with E-state index < -0.39 is 5.97 Å². The van der Waals surface area contributed by atoms with Crippen LogP contribution in [0.2, 0.25) is 0 Å². The quantitative estimate of drug-likeness (QED) is 0.909. The van der Waals surface area contributed by atoms with Gasteiger partial charge in [0.25, 0.3) is 5.91 Å². The maximum atomic E-state index is 12.9. The molecule has 1 aliphatic heterocycles. The highest BCUT2D eigenvalue weighted by atomic mass is 16.4. The number of para-hydroxylation sites is 1. The van der Waals surface area contributed by atoms with Crippen LogP contribution in [0.15, 0.2) is 35.4 Å². The van der Waals surface area contributed by atoms with E-state index in [0.717, 1.165) is 30.5 Å². The summed E-state index contributed by atoms with van der Waals surface area (Å²) in [7, 11) is 0. The van der Waals surface area contributed by atoms with Gasteiger partial charge in [0.1, 0.15) is 0 Å². The van der Waals surface area contributed by atoms with Crippen molar-refractivity contribution < 1.29 is 14.7 Å². The van der Waals surface area contributed by atoms with Gasteiger partial charge in [-0.3, -0.25) is 4.79 Å². The van der Waals surface area contributed by atoms with Gasteiger partial charge in [-0.2, -0.15) is 0 Å². The molecule has 1 aromatic carbocycles. The Hall–Kier alpha value is -2.10. The number of aliphatic carboxylic acids is 1. The topological polar surface area (TPSA) is 57.6 Å². The molecule has 0 aromatic heterocycles. The second kappa shape index (κ2) is 5.35. The molecule has 0 bridgehead atoms. The number of nitrogens with zero attached hydrogens (tertiary/aromatic N) is 1. The first kappa shape index (κ1) is 13.9. The highest BCUT2D eigenvalue weighted by Crippen LogP contribution is 2.35. The van der Waals surface area contributed by atoms with Crippen LogP contribution >= 0.6 is 0 Å². The summed E-state index contributed by atoms with van der Waals surface area (Å²) in [5.74, 6) is -1.07. The monoisotopic (exact) mass is 285 g/mol. The number of anilines is 1. The summed E-state index contributed by atoms with van der Waals surface area (Å²) < 4.78 is 0. The minimum Gasteiger partial charge on any atom is -0.478 e. The van der Waals surface area contributed by atoms with Crippen molar-refractivity contribution in [1.82, 2.24) is 0 Å². The summed E-state index contributed by atoms with van der Waals surface area (Å²) in [6, 6.07) is 7.96. The van der Waals surface area contributed by atoms with Crippen molar-refractivity contribution >= 4 is 17.6 Å². The summed E-state index contributed by atoms with van der Waals surface area (Å²) in [5, 5.41) is 9.33. The van der Waals surface area contributed by atoms with Gasteiger partial charge in [-0.25, -0.2) is 4.79 Å². The number of benzene rings is 1. The molecule has 1 amide bonds. The van der Waals surface area contributed by atoms with Crippen molar-refractivity contribution in [1.29, 1.82) is 0 Å². The highest BCUT2D eigenvalue weighted by molar-refractivity contribution is 6.11. The minimum absolute atomic E-state index is 0.0828. The van der Waals surface area contributed by atoms with Crippen LogP contribution in [-0.2, 0) is 16.0 Å². The Labute approximate surface area is 124 Å². The van der Waals surface area contributed by atoms with Crippen LogP contribution in [0.1, 0.15) is 38.2 Å². The van der Waals surface area contributed by atoms with E-state index in [1.165, 1.54) is 0 Å². The molecule has 0 spiro atoms. The summed E-state index contributed by atoms with van der Waals surface area (Å²) in [4.78, 5) is 26.1. The zero-order valence-electron chi connectivity index (χ0n) is 12.1. The van der Waals surface area contributed by atoms with Crippen LogP contribution < -0.4 is 4.90 Å². The second-order valence-corrected chi connectivity index (χ2v) is 5.83. The lowest BCUT2D eigenvalue weighted by molar-refractivity contribution is -0.133. The van der Waals surface area contributed by atoms with Gasteiger partial charge in [-0.05, 0) is 50.7 Å². The molecule has 0 fully saturated rings. The van der Waals surface area contributed by atoms with Crippen molar-refractivity contribution in [2.24, 2.45) is 0 Å². The molecule has 1 unspecified atom stereocenters. The van der Waals surface area contributed by atoms with Gasteiger partial charge >= 0.3 is 5.97 Å². The largest absolute Gasteiger partial charge is 0.478 e. The molecule has 1 aliphatic carbocycles. The summed E-state index contributed by atoms with van der Waals surface area (Å²) in [6.45, 7) is 2.02. The fourth-order valence-electron chi connectivity index (χ4n) is 3.40. The molecule has 0 radical (unpaired) electrons. The lowest BCUT2D eigenvalue weighted by Crippen LogP contribution is -2.38. The molecule has 3 rings (SSSR count). The van der Waals surface area contributed by atoms with Crippen molar-refractivity contribution in [3.8, 4) is 0 Å². The first-order valence-electron chi connectivity index (χ1n) is 7.46. The van der Waals surface area contributed by atoms with E-state index in [4.69, 9.17) is 0 Å². The lowest BCUT2D eigenvalue weighted by Gasteiger charge is -2.26. The molecule has 2 aliphatic rings. The standard InChI is InChI=1S/C17H19NO3/c1-11-10-12-6-2-5-9-15(12)18(11)16(19)13-7-3-4-8-14(13)17(20)21/h2,5-6,9,11H,3-4,7-8,10H2,1H3,(H,20,21). The molecule has 1 heterocycles. The molecule has 4 nitrogen and oxygen atoms in total. The molecule has 1 aromatic rings.